The topological polar surface area (TPSA) is 105 Å². The Morgan fingerprint density at radius 2 is 1.84 bits per heavy atom. The van der Waals surface area contributed by atoms with Gasteiger partial charge >= 0.3 is 6.01 Å². The van der Waals surface area contributed by atoms with Crippen molar-refractivity contribution in [3.63, 3.8) is 0 Å². The summed E-state index contributed by atoms with van der Waals surface area (Å²) in [7, 11) is -3.73. The van der Waals surface area contributed by atoms with Crippen LogP contribution in [-0.4, -0.2) is 41.9 Å². The fourth-order valence-corrected chi connectivity index (χ4v) is 5.20. The highest BCUT2D eigenvalue weighted by Crippen LogP contribution is 2.26. The summed E-state index contributed by atoms with van der Waals surface area (Å²) in [6.07, 6.45) is 0.692. The van der Waals surface area contributed by atoms with E-state index in [-0.39, 0.29) is 41.7 Å². The lowest BCUT2D eigenvalue weighted by Gasteiger charge is -2.30. The number of amides is 1. The highest BCUT2D eigenvalue weighted by Gasteiger charge is 2.32. The third kappa shape index (κ3) is 4.83. The molecule has 1 aliphatic heterocycles. The van der Waals surface area contributed by atoms with Gasteiger partial charge in [0.2, 0.25) is 21.8 Å². The molecule has 1 fully saturated rings. The standard InChI is InChI=1S/C20H18BrFN4O4S/c21-15-3-1-2-14(12-15)19-24-25-20(30-19)23-18(27)13-8-10-26(11-9-13)31(28,29)17-6-4-16(22)5-7-17/h1-7,12-13H,8-11H2,(H,23,25,27). The summed E-state index contributed by atoms with van der Waals surface area (Å²) < 4.78 is 46.1. The molecule has 0 aliphatic carbocycles. The van der Waals surface area contributed by atoms with Crippen molar-refractivity contribution >= 4 is 37.9 Å². The molecule has 1 amide bonds. The number of piperidine rings is 1. The summed E-state index contributed by atoms with van der Waals surface area (Å²) in [6, 6.07) is 12.0. The van der Waals surface area contributed by atoms with Gasteiger partial charge in [0.15, 0.2) is 0 Å². The first kappa shape index (κ1) is 21.6. The zero-order chi connectivity index (χ0) is 22.0. The number of aromatic nitrogens is 2. The maximum absolute atomic E-state index is 13.1. The Balaban J connectivity index is 1.36. The lowest BCUT2D eigenvalue weighted by Crippen LogP contribution is -2.41. The lowest BCUT2D eigenvalue weighted by molar-refractivity contribution is -0.121. The van der Waals surface area contributed by atoms with E-state index in [9.17, 15) is 17.6 Å². The Bertz CT molecular complexity index is 1190. The molecule has 1 saturated heterocycles. The van der Waals surface area contributed by atoms with Crippen molar-refractivity contribution in [3.05, 3.63) is 58.8 Å². The molecule has 31 heavy (non-hydrogen) atoms. The molecule has 0 atom stereocenters. The minimum absolute atomic E-state index is 0.0126. The summed E-state index contributed by atoms with van der Waals surface area (Å²) >= 11 is 3.37. The minimum Gasteiger partial charge on any atom is -0.403 e. The van der Waals surface area contributed by atoms with Gasteiger partial charge in [-0.15, -0.1) is 5.10 Å². The van der Waals surface area contributed by atoms with Crippen LogP contribution in [0.15, 0.2) is 62.3 Å². The first-order valence-corrected chi connectivity index (χ1v) is 11.7. The van der Waals surface area contributed by atoms with Crippen LogP contribution >= 0.6 is 15.9 Å². The highest BCUT2D eigenvalue weighted by molar-refractivity contribution is 9.10. The van der Waals surface area contributed by atoms with E-state index in [1.165, 1.54) is 16.4 Å². The largest absolute Gasteiger partial charge is 0.403 e. The number of hydrogen-bond acceptors (Lipinski definition) is 6. The number of nitrogens with one attached hydrogen (secondary N) is 1. The molecule has 11 heteroatoms. The summed E-state index contributed by atoms with van der Waals surface area (Å²) in [4.78, 5) is 12.6. The van der Waals surface area contributed by atoms with Gasteiger partial charge in [0, 0.05) is 29.0 Å². The van der Waals surface area contributed by atoms with E-state index in [1.54, 1.807) is 6.07 Å². The molecule has 0 saturated carbocycles. The maximum atomic E-state index is 13.1. The molecule has 1 aromatic heterocycles. The summed E-state index contributed by atoms with van der Waals surface area (Å²) in [5.41, 5.74) is 0.710. The van der Waals surface area contributed by atoms with Crippen LogP contribution in [0.5, 0.6) is 0 Å². The quantitative estimate of drug-likeness (QED) is 0.563. The van der Waals surface area contributed by atoms with Crippen LogP contribution in [0.2, 0.25) is 0 Å². The number of anilines is 1. The molecule has 162 valence electrons. The first-order valence-electron chi connectivity index (χ1n) is 9.49. The molecule has 0 spiro atoms. The van der Waals surface area contributed by atoms with E-state index in [1.807, 2.05) is 18.2 Å². The van der Waals surface area contributed by atoms with Crippen LogP contribution in [0, 0.1) is 11.7 Å². The molecule has 0 bridgehead atoms. The molecule has 2 heterocycles. The van der Waals surface area contributed by atoms with Gasteiger partial charge in [0.05, 0.1) is 4.90 Å². The van der Waals surface area contributed by atoms with E-state index >= 15 is 0 Å². The second kappa shape index (κ2) is 8.85. The van der Waals surface area contributed by atoms with Crippen molar-refractivity contribution in [2.75, 3.05) is 18.4 Å². The fraction of sp³-hybridized carbons (Fsp3) is 0.250. The highest BCUT2D eigenvalue weighted by atomic mass is 79.9. The third-order valence-corrected chi connectivity index (χ3v) is 7.41. The number of benzene rings is 2. The summed E-state index contributed by atoms with van der Waals surface area (Å²) in [6.45, 7) is 0.371. The van der Waals surface area contributed by atoms with Gasteiger partial charge in [-0.05, 0) is 55.3 Å². The molecule has 2 aromatic carbocycles. The van der Waals surface area contributed by atoms with Gasteiger partial charge in [-0.3, -0.25) is 10.1 Å². The molecule has 0 unspecified atom stereocenters. The van der Waals surface area contributed by atoms with Gasteiger partial charge < -0.3 is 4.42 Å². The first-order chi connectivity index (χ1) is 14.8. The van der Waals surface area contributed by atoms with Crippen molar-refractivity contribution in [1.29, 1.82) is 0 Å². The van der Waals surface area contributed by atoms with Crippen molar-refractivity contribution in [3.8, 4) is 11.5 Å². The van der Waals surface area contributed by atoms with E-state index in [0.29, 0.717) is 18.4 Å². The summed E-state index contributed by atoms with van der Waals surface area (Å²) in [5.74, 6) is -0.917. The van der Waals surface area contributed by atoms with Crippen molar-refractivity contribution in [2.45, 2.75) is 17.7 Å². The molecule has 8 nitrogen and oxygen atoms in total. The van der Waals surface area contributed by atoms with Gasteiger partial charge in [-0.25, -0.2) is 12.8 Å². The zero-order valence-electron chi connectivity index (χ0n) is 16.2. The van der Waals surface area contributed by atoms with Crippen LogP contribution < -0.4 is 5.32 Å². The Morgan fingerprint density at radius 3 is 2.52 bits per heavy atom. The van der Waals surface area contributed by atoms with Crippen LogP contribution in [-0.2, 0) is 14.8 Å². The van der Waals surface area contributed by atoms with Crippen LogP contribution in [0.4, 0.5) is 10.4 Å². The van der Waals surface area contributed by atoms with E-state index in [4.69, 9.17) is 4.42 Å². The molecule has 4 rings (SSSR count). The predicted molar refractivity (Wildman–Crippen MR) is 114 cm³/mol. The van der Waals surface area contributed by atoms with Crippen molar-refractivity contribution < 1.29 is 22.0 Å². The lowest BCUT2D eigenvalue weighted by atomic mass is 9.97. The monoisotopic (exact) mass is 508 g/mol. The Kier molecular flexibility index (Phi) is 6.17. The molecule has 3 aromatic rings. The molecular formula is C20H18BrFN4O4S. The number of carbonyl (C=O) groups excluding carboxylic acids is 1. The van der Waals surface area contributed by atoms with Crippen LogP contribution in [0.3, 0.4) is 0 Å². The smallest absolute Gasteiger partial charge is 0.322 e. The van der Waals surface area contributed by atoms with Gasteiger partial charge in [-0.1, -0.05) is 27.1 Å². The number of carbonyl (C=O) groups is 1. The van der Waals surface area contributed by atoms with Gasteiger partial charge in [-0.2, -0.15) is 4.31 Å². The molecular weight excluding hydrogens is 491 g/mol. The van der Waals surface area contributed by atoms with Crippen molar-refractivity contribution in [2.24, 2.45) is 5.92 Å². The third-order valence-electron chi connectivity index (χ3n) is 5.00. The minimum atomic E-state index is -3.73. The number of rotatable bonds is 5. The normalized spacial score (nSPS) is 15.7. The zero-order valence-corrected chi connectivity index (χ0v) is 18.6. The number of sulfonamides is 1. The van der Waals surface area contributed by atoms with Crippen LogP contribution in [0.1, 0.15) is 12.8 Å². The van der Waals surface area contributed by atoms with Gasteiger partial charge in [0.1, 0.15) is 5.82 Å². The van der Waals surface area contributed by atoms with Crippen molar-refractivity contribution in [1.82, 2.24) is 14.5 Å². The molecule has 0 radical (unpaired) electrons. The number of nitrogens with zero attached hydrogens (tertiary/aromatic N) is 3. The average Bonchev–Trinajstić information content (AvgIpc) is 3.23. The second-order valence-electron chi connectivity index (χ2n) is 7.04. The maximum Gasteiger partial charge on any atom is 0.322 e. The fourth-order valence-electron chi connectivity index (χ4n) is 3.33. The molecule has 1 aliphatic rings. The Labute approximate surface area is 186 Å². The molecule has 1 N–H and O–H groups in total. The average molecular weight is 509 g/mol. The van der Waals surface area contributed by atoms with E-state index in [0.717, 1.165) is 16.6 Å². The predicted octanol–water partition coefficient (Wildman–Crippen LogP) is 3.68. The van der Waals surface area contributed by atoms with Crippen LogP contribution in [0.25, 0.3) is 11.5 Å². The second-order valence-corrected chi connectivity index (χ2v) is 9.90. The SMILES string of the molecule is O=C(Nc1nnc(-c2cccc(Br)c2)o1)C1CCN(S(=O)(=O)c2ccc(F)cc2)CC1. The van der Waals surface area contributed by atoms with E-state index < -0.39 is 15.8 Å². The number of hydrogen-bond donors (Lipinski definition) is 1. The van der Waals surface area contributed by atoms with E-state index in [2.05, 4.69) is 31.4 Å². The number of halogens is 2. The summed E-state index contributed by atoms with van der Waals surface area (Å²) in [5, 5.41) is 10.4. The Morgan fingerprint density at radius 1 is 1.13 bits per heavy atom. The van der Waals surface area contributed by atoms with Gasteiger partial charge in [0.25, 0.3) is 0 Å². The Hall–Kier alpha value is -2.63.